The van der Waals surface area contributed by atoms with Gasteiger partial charge in [-0.05, 0) is 102 Å². The first-order chi connectivity index (χ1) is 31.0. The van der Waals surface area contributed by atoms with Crippen molar-refractivity contribution in [2.45, 2.75) is 115 Å². The third-order valence-corrected chi connectivity index (χ3v) is 14.5. The standard InChI is InChI=1S/C47H54F2N5O11P/c1-44(2,3)42(59)62-26-64-66(61,65-27-63-43(60)45(4,5)6)47(48,49)31-19-18-28-16-17-29(22-30(28)23-31)38(55)51-35-15-10-8-12-32-20-21-36(54(32)39(35)56)40(57)53-24-37(50-7)46(25-53)33-13-9-11-14-34(33)52-41(46)58/h9,11,13-14,16-19,22-23,32,35-37H,8,10,12,15,20-21,24-27H2,1-6H3,(H,51,55)(H,52,58)/t32-,35-,36-,37+,46-/m0/s1. The molecule has 0 bridgehead atoms. The molecule has 7 rings (SSSR count). The molecule has 352 valence electrons. The van der Waals surface area contributed by atoms with Crippen LogP contribution in [0.1, 0.15) is 102 Å². The van der Waals surface area contributed by atoms with Gasteiger partial charge in [-0.15, -0.1) is 0 Å². The quantitative estimate of drug-likeness (QED) is 0.0852. The van der Waals surface area contributed by atoms with Gasteiger partial charge in [0.25, 0.3) is 11.9 Å². The summed E-state index contributed by atoms with van der Waals surface area (Å²) in [4.78, 5) is 87.9. The number of carbonyl (C=O) groups excluding carboxylic acids is 6. The van der Waals surface area contributed by atoms with Crippen LogP contribution in [0.5, 0.6) is 0 Å². The highest BCUT2D eigenvalue weighted by atomic mass is 31.2. The van der Waals surface area contributed by atoms with E-state index in [1.165, 1.54) is 70.7 Å². The Balaban J connectivity index is 1.09. The number of fused-ring (bicyclic) bond motifs is 4. The predicted octanol–water partition coefficient (Wildman–Crippen LogP) is 7.26. The Labute approximate surface area is 381 Å². The number of nitrogens with zero attached hydrogens (tertiary/aromatic N) is 3. The van der Waals surface area contributed by atoms with Crippen LogP contribution in [-0.2, 0) is 58.1 Å². The van der Waals surface area contributed by atoms with Crippen LogP contribution in [0.25, 0.3) is 15.6 Å². The summed E-state index contributed by atoms with van der Waals surface area (Å²) in [6.07, 6.45) is 3.20. The molecule has 2 N–H and O–H groups in total. The van der Waals surface area contributed by atoms with Crippen molar-refractivity contribution in [1.29, 1.82) is 0 Å². The Kier molecular flexibility index (Phi) is 13.2. The molecule has 5 atom stereocenters. The highest BCUT2D eigenvalue weighted by molar-refractivity contribution is 7.54. The maximum absolute atomic E-state index is 16.4. The summed E-state index contributed by atoms with van der Waals surface area (Å²) in [6.45, 7) is 14.7. The molecule has 3 fully saturated rings. The van der Waals surface area contributed by atoms with Gasteiger partial charge in [-0.3, -0.25) is 42.4 Å². The fourth-order valence-corrected chi connectivity index (χ4v) is 10.2. The minimum absolute atomic E-state index is 0.0143. The van der Waals surface area contributed by atoms with E-state index in [2.05, 4.69) is 15.5 Å². The van der Waals surface area contributed by atoms with Gasteiger partial charge < -0.3 is 34.8 Å². The number of anilines is 1. The van der Waals surface area contributed by atoms with E-state index in [0.717, 1.165) is 18.6 Å². The zero-order valence-corrected chi connectivity index (χ0v) is 38.6. The van der Waals surface area contributed by atoms with Gasteiger partial charge in [-0.1, -0.05) is 49.2 Å². The Hall–Kier alpha value is -5.76. The van der Waals surface area contributed by atoms with Gasteiger partial charge in [0.2, 0.25) is 31.3 Å². The normalized spacial score (nSPS) is 23.4. The number of hydrogen-bond acceptors (Lipinski definition) is 11. The maximum atomic E-state index is 16.4. The van der Waals surface area contributed by atoms with Crippen molar-refractivity contribution in [2.24, 2.45) is 10.8 Å². The molecule has 19 heteroatoms. The number of benzene rings is 3. The molecule has 4 aliphatic heterocycles. The number of nitrogens with one attached hydrogen (secondary N) is 2. The van der Waals surface area contributed by atoms with Crippen molar-refractivity contribution >= 4 is 59.6 Å². The Morgan fingerprint density at radius 3 is 2.15 bits per heavy atom. The fourth-order valence-electron chi connectivity index (χ4n) is 9.00. The summed E-state index contributed by atoms with van der Waals surface area (Å²) in [5, 5.41) is 6.24. The monoisotopic (exact) mass is 933 g/mol. The number of alkyl halides is 2. The lowest BCUT2D eigenvalue weighted by molar-refractivity contribution is -0.163. The van der Waals surface area contributed by atoms with Gasteiger partial charge in [0, 0.05) is 35.0 Å². The van der Waals surface area contributed by atoms with Gasteiger partial charge in [0.15, 0.2) is 5.41 Å². The van der Waals surface area contributed by atoms with Crippen LogP contribution in [0.15, 0.2) is 60.7 Å². The number of hydrogen-bond donors (Lipinski definition) is 2. The van der Waals surface area contributed by atoms with E-state index in [0.29, 0.717) is 42.3 Å². The van der Waals surface area contributed by atoms with Crippen molar-refractivity contribution in [3.05, 3.63) is 88.8 Å². The topological polar surface area (TPSA) is 191 Å². The van der Waals surface area contributed by atoms with Crippen LogP contribution in [0.4, 0.5) is 14.5 Å². The third kappa shape index (κ3) is 9.05. The van der Waals surface area contributed by atoms with E-state index in [-0.39, 0.29) is 48.3 Å². The van der Waals surface area contributed by atoms with E-state index in [1.807, 2.05) is 0 Å². The summed E-state index contributed by atoms with van der Waals surface area (Å²) in [6, 6.07) is 11.7. The number of likely N-dealkylation sites (tertiary alicyclic amines) is 1. The third-order valence-electron chi connectivity index (χ3n) is 12.7. The lowest BCUT2D eigenvalue weighted by atomic mass is 9.77. The lowest BCUT2D eigenvalue weighted by Crippen LogP contribution is -2.57. The van der Waals surface area contributed by atoms with Crippen LogP contribution in [0.3, 0.4) is 0 Å². The molecule has 4 aliphatic rings. The average Bonchev–Trinajstić information content (AvgIpc) is 3.95. The molecule has 3 aromatic rings. The van der Waals surface area contributed by atoms with Crippen LogP contribution < -0.4 is 10.6 Å². The lowest BCUT2D eigenvalue weighted by Gasteiger charge is -2.36. The first kappa shape index (κ1) is 48.2. The van der Waals surface area contributed by atoms with E-state index in [9.17, 15) is 33.3 Å². The van der Waals surface area contributed by atoms with Crippen molar-refractivity contribution in [2.75, 3.05) is 32.0 Å². The largest absolute Gasteiger partial charge is 0.438 e. The molecule has 3 saturated heterocycles. The zero-order valence-electron chi connectivity index (χ0n) is 37.7. The second-order valence-electron chi connectivity index (χ2n) is 19.3. The number of esters is 2. The Morgan fingerprint density at radius 1 is 0.864 bits per heavy atom. The number of para-hydroxylation sites is 1. The molecule has 0 aliphatic carbocycles. The van der Waals surface area contributed by atoms with E-state index >= 15 is 8.78 Å². The van der Waals surface area contributed by atoms with Gasteiger partial charge >= 0.3 is 25.2 Å². The number of amides is 4. The van der Waals surface area contributed by atoms with Crippen LogP contribution in [-0.4, -0.2) is 96.2 Å². The highest BCUT2D eigenvalue weighted by Crippen LogP contribution is 2.67. The molecular weight excluding hydrogens is 880 g/mol. The predicted molar refractivity (Wildman–Crippen MR) is 236 cm³/mol. The molecule has 1 spiro atoms. The Bertz CT molecular complexity index is 2520. The minimum Gasteiger partial charge on any atom is -0.438 e. The number of ether oxygens (including phenoxy) is 2. The fraction of sp³-hybridized carbons (Fsp3) is 0.511. The summed E-state index contributed by atoms with van der Waals surface area (Å²) in [5.41, 5.74) is -7.32. The molecule has 4 heterocycles. The Morgan fingerprint density at radius 2 is 1.50 bits per heavy atom. The van der Waals surface area contributed by atoms with E-state index in [1.54, 1.807) is 29.2 Å². The second-order valence-corrected chi connectivity index (χ2v) is 21.4. The maximum Gasteiger partial charge on any atom is 0.410 e. The van der Waals surface area contributed by atoms with Crippen molar-refractivity contribution in [1.82, 2.24) is 15.1 Å². The summed E-state index contributed by atoms with van der Waals surface area (Å²) in [5.74, 6) is -3.50. The van der Waals surface area contributed by atoms with E-state index in [4.69, 9.17) is 25.1 Å². The molecule has 0 unspecified atom stereocenters. The molecular formula is C47H54F2N5O11P. The van der Waals surface area contributed by atoms with Gasteiger partial charge in [0.1, 0.15) is 12.1 Å². The van der Waals surface area contributed by atoms with Crippen molar-refractivity contribution < 1.29 is 60.6 Å². The minimum atomic E-state index is -5.63. The molecule has 0 saturated carbocycles. The highest BCUT2D eigenvalue weighted by Gasteiger charge is 2.63. The van der Waals surface area contributed by atoms with Crippen molar-refractivity contribution in [3.8, 4) is 0 Å². The molecule has 4 amide bonds. The smallest absolute Gasteiger partial charge is 0.410 e. The molecule has 0 aromatic heterocycles. The molecule has 3 aromatic carbocycles. The van der Waals surface area contributed by atoms with Crippen LogP contribution >= 0.6 is 7.60 Å². The number of halogens is 2. The van der Waals surface area contributed by atoms with Crippen molar-refractivity contribution in [3.63, 3.8) is 0 Å². The first-order valence-corrected chi connectivity index (χ1v) is 23.4. The van der Waals surface area contributed by atoms with E-state index < -0.39 is 90.5 Å². The molecule has 16 nitrogen and oxygen atoms in total. The average molecular weight is 934 g/mol. The second kappa shape index (κ2) is 18.1. The molecule has 0 radical (unpaired) electrons. The van der Waals surface area contributed by atoms with Gasteiger partial charge in [-0.25, -0.2) is 6.57 Å². The number of rotatable bonds is 11. The van der Waals surface area contributed by atoms with Crippen LogP contribution in [0, 0.1) is 17.4 Å². The first-order valence-electron chi connectivity index (χ1n) is 21.9. The van der Waals surface area contributed by atoms with Crippen LogP contribution in [0.2, 0.25) is 0 Å². The SMILES string of the molecule is [C-]#[N+][C@@H]1CN(C(=O)[C@@H]2CC[C@@H]3CCCC[C@H](NC(=O)c4ccc5ccc(C(F)(F)P(=O)(OCOC(=O)C(C)(C)C)OCOC(=O)C(C)(C)C)cc5c4)C(=O)N32)C[C@@]12C(=O)Nc1ccccc12. The van der Waals surface area contributed by atoms with Gasteiger partial charge in [0.05, 0.1) is 17.4 Å². The number of carbonyl (C=O) groups is 6. The zero-order chi connectivity index (χ0) is 48.0. The van der Waals surface area contributed by atoms with Gasteiger partial charge in [-0.2, -0.15) is 8.78 Å². The summed E-state index contributed by atoms with van der Waals surface area (Å²) in [7, 11) is -5.63. The summed E-state index contributed by atoms with van der Waals surface area (Å²) < 4.78 is 66.7. The molecule has 66 heavy (non-hydrogen) atoms. The summed E-state index contributed by atoms with van der Waals surface area (Å²) >= 11 is 0.